The maximum Gasteiger partial charge on any atom is 0.241 e. The average molecular weight is 285 g/mol. The zero-order valence-electron chi connectivity index (χ0n) is 10.3. The van der Waals surface area contributed by atoms with Crippen molar-refractivity contribution in [1.82, 2.24) is 25.3 Å². The minimum atomic E-state index is -3.84. The summed E-state index contributed by atoms with van der Waals surface area (Å²) >= 11 is 0. The minimum Gasteiger partial charge on any atom is -0.207 e. The number of hydrogen-bond acceptors (Lipinski definition) is 5. The number of sulfonamides is 1. The summed E-state index contributed by atoms with van der Waals surface area (Å²) in [6.07, 6.45) is 0. The van der Waals surface area contributed by atoms with Crippen molar-refractivity contribution in [2.75, 3.05) is 0 Å². The van der Waals surface area contributed by atoms with E-state index in [1.165, 1.54) is 12.1 Å². The zero-order valence-corrected chi connectivity index (χ0v) is 11.1. The molecule has 0 aliphatic heterocycles. The third-order valence-corrected chi connectivity index (χ3v) is 4.07. The van der Waals surface area contributed by atoms with Crippen LogP contribution in [-0.2, 0) is 10.0 Å². The molecule has 0 aliphatic carbocycles. The average Bonchev–Trinajstić information content (AvgIpc) is 2.85. The molecule has 1 aromatic carbocycles. The lowest BCUT2D eigenvalue weighted by Crippen LogP contribution is -2.27. The number of aromatic amines is 1. The van der Waals surface area contributed by atoms with Gasteiger partial charge in [-0.05, 0) is 31.5 Å². The second-order valence-electron chi connectivity index (χ2n) is 4.02. The lowest BCUT2D eigenvalue weighted by atomic mass is 10.2. The lowest BCUT2D eigenvalue weighted by molar-refractivity contribution is 0.557. The molecule has 7 nitrogen and oxygen atoms in total. The molecule has 102 valence electrons. The van der Waals surface area contributed by atoms with Gasteiger partial charge in [0.1, 0.15) is 5.82 Å². The minimum absolute atomic E-state index is 0.147. The van der Waals surface area contributed by atoms with Gasteiger partial charge in [0, 0.05) is 0 Å². The number of hydrogen-bond donors (Lipinski definition) is 2. The highest BCUT2D eigenvalue weighted by Gasteiger charge is 2.21. The number of benzene rings is 1. The summed E-state index contributed by atoms with van der Waals surface area (Å²) < 4.78 is 39.8. The molecule has 0 aliphatic rings. The molecule has 1 atom stereocenters. The van der Waals surface area contributed by atoms with Crippen LogP contribution in [0.25, 0.3) is 0 Å². The fourth-order valence-electron chi connectivity index (χ4n) is 1.45. The predicted octanol–water partition coefficient (Wildman–Crippen LogP) is 0.687. The molecule has 0 fully saturated rings. The second-order valence-corrected chi connectivity index (χ2v) is 5.74. The van der Waals surface area contributed by atoms with Gasteiger partial charge in [-0.15, -0.1) is 10.2 Å². The van der Waals surface area contributed by atoms with Crippen molar-refractivity contribution >= 4 is 10.0 Å². The van der Waals surface area contributed by atoms with Crippen molar-refractivity contribution in [2.24, 2.45) is 0 Å². The van der Waals surface area contributed by atoms with Crippen LogP contribution in [-0.4, -0.2) is 29.0 Å². The predicted molar refractivity (Wildman–Crippen MR) is 64.1 cm³/mol. The summed E-state index contributed by atoms with van der Waals surface area (Å²) in [5.74, 6) is -0.369. The Kier molecular flexibility index (Phi) is 3.58. The second kappa shape index (κ2) is 5.02. The van der Waals surface area contributed by atoms with Gasteiger partial charge in [0.2, 0.25) is 10.0 Å². The number of tetrazole rings is 1. The van der Waals surface area contributed by atoms with Crippen LogP contribution >= 0.6 is 0 Å². The fraction of sp³-hybridized carbons (Fsp3) is 0.300. The van der Waals surface area contributed by atoms with Gasteiger partial charge in [0.25, 0.3) is 0 Å². The quantitative estimate of drug-likeness (QED) is 0.860. The van der Waals surface area contributed by atoms with E-state index < -0.39 is 21.9 Å². The van der Waals surface area contributed by atoms with Crippen LogP contribution in [0.5, 0.6) is 0 Å². The van der Waals surface area contributed by atoms with Crippen LogP contribution in [0, 0.1) is 12.7 Å². The summed E-state index contributed by atoms with van der Waals surface area (Å²) in [6.45, 7) is 3.12. The van der Waals surface area contributed by atoms with E-state index in [4.69, 9.17) is 0 Å². The first kappa shape index (κ1) is 13.6. The molecule has 19 heavy (non-hydrogen) atoms. The van der Waals surface area contributed by atoms with Crippen molar-refractivity contribution < 1.29 is 12.8 Å². The van der Waals surface area contributed by atoms with Crippen molar-refractivity contribution in [3.63, 3.8) is 0 Å². The standard InChI is InChI=1S/C10H12FN5O2S/c1-6-3-4-8(5-9(6)11)19(17,18)14-7(2)10-12-15-16-13-10/h3-5,7,14H,1-2H3,(H,12,13,15,16). The Balaban J connectivity index is 2.25. The molecule has 0 radical (unpaired) electrons. The number of aryl methyl sites for hydroxylation is 1. The highest BCUT2D eigenvalue weighted by molar-refractivity contribution is 7.89. The van der Waals surface area contributed by atoms with Crippen LogP contribution in [0.3, 0.4) is 0 Å². The normalized spacial score (nSPS) is 13.4. The van der Waals surface area contributed by atoms with E-state index in [-0.39, 0.29) is 10.7 Å². The van der Waals surface area contributed by atoms with Crippen LogP contribution in [0.1, 0.15) is 24.4 Å². The molecule has 0 spiro atoms. The van der Waals surface area contributed by atoms with Crippen LogP contribution < -0.4 is 4.72 Å². The van der Waals surface area contributed by atoms with Gasteiger partial charge in [-0.3, -0.25) is 0 Å². The van der Waals surface area contributed by atoms with Gasteiger partial charge >= 0.3 is 0 Å². The molecule has 1 heterocycles. The highest BCUT2D eigenvalue weighted by atomic mass is 32.2. The van der Waals surface area contributed by atoms with Gasteiger partial charge in [0.15, 0.2) is 5.82 Å². The largest absolute Gasteiger partial charge is 0.241 e. The van der Waals surface area contributed by atoms with E-state index in [1.807, 2.05) is 0 Å². The zero-order chi connectivity index (χ0) is 14.0. The Morgan fingerprint density at radius 2 is 2.16 bits per heavy atom. The van der Waals surface area contributed by atoms with Gasteiger partial charge in [-0.1, -0.05) is 11.3 Å². The number of H-pyrrole nitrogens is 1. The number of rotatable bonds is 4. The van der Waals surface area contributed by atoms with E-state index in [9.17, 15) is 12.8 Å². The first-order valence-corrected chi connectivity index (χ1v) is 6.90. The molecule has 1 aromatic heterocycles. The maximum atomic E-state index is 13.4. The van der Waals surface area contributed by atoms with E-state index in [0.29, 0.717) is 5.56 Å². The number of nitrogens with zero attached hydrogens (tertiary/aromatic N) is 3. The Labute approximate surface area is 109 Å². The monoisotopic (exact) mass is 285 g/mol. The Bertz CT molecular complexity index is 671. The van der Waals surface area contributed by atoms with E-state index in [0.717, 1.165) is 6.07 Å². The molecule has 2 rings (SSSR count). The molecule has 0 amide bonds. The van der Waals surface area contributed by atoms with Crippen molar-refractivity contribution in [3.05, 3.63) is 35.4 Å². The number of aromatic nitrogens is 4. The molecule has 0 saturated heterocycles. The summed E-state index contributed by atoms with van der Waals surface area (Å²) in [5.41, 5.74) is 0.380. The van der Waals surface area contributed by atoms with Crippen LogP contribution in [0.2, 0.25) is 0 Å². The van der Waals surface area contributed by atoms with Gasteiger partial charge in [-0.25, -0.2) is 17.5 Å². The Hall–Kier alpha value is -1.87. The SMILES string of the molecule is Cc1ccc(S(=O)(=O)NC(C)c2nn[nH]n2)cc1F. The highest BCUT2D eigenvalue weighted by Crippen LogP contribution is 2.16. The summed E-state index contributed by atoms with van der Waals surface area (Å²) in [6, 6.07) is 3.04. The van der Waals surface area contributed by atoms with Crippen molar-refractivity contribution in [2.45, 2.75) is 24.8 Å². The van der Waals surface area contributed by atoms with E-state index in [2.05, 4.69) is 25.3 Å². The van der Waals surface area contributed by atoms with E-state index >= 15 is 0 Å². The number of halogens is 1. The summed E-state index contributed by atoms with van der Waals surface area (Å²) in [7, 11) is -3.84. The topological polar surface area (TPSA) is 101 Å². The summed E-state index contributed by atoms with van der Waals surface area (Å²) in [5, 5.41) is 12.9. The molecule has 0 saturated carbocycles. The van der Waals surface area contributed by atoms with Crippen LogP contribution in [0.15, 0.2) is 23.1 Å². The van der Waals surface area contributed by atoms with Crippen LogP contribution in [0.4, 0.5) is 4.39 Å². The molecule has 1 unspecified atom stereocenters. The Morgan fingerprint density at radius 3 is 2.74 bits per heavy atom. The fourth-order valence-corrected chi connectivity index (χ4v) is 2.66. The third kappa shape index (κ3) is 2.93. The van der Waals surface area contributed by atoms with E-state index in [1.54, 1.807) is 13.8 Å². The number of nitrogens with one attached hydrogen (secondary N) is 2. The third-order valence-electron chi connectivity index (χ3n) is 2.53. The molecule has 0 bridgehead atoms. The first-order chi connectivity index (χ1) is 8.90. The van der Waals surface area contributed by atoms with Crippen molar-refractivity contribution in [1.29, 1.82) is 0 Å². The Morgan fingerprint density at radius 1 is 1.42 bits per heavy atom. The molecular formula is C10H12FN5O2S. The van der Waals surface area contributed by atoms with Gasteiger partial charge in [0.05, 0.1) is 10.9 Å². The first-order valence-electron chi connectivity index (χ1n) is 5.42. The lowest BCUT2D eigenvalue weighted by Gasteiger charge is -2.11. The molecule has 9 heteroatoms. The summed E-state index contributed by atoms with van der Waals surface area (Å²) in [4.78, 5) is -0.147. The van der Waals surface area contributed by atoms with Gasteiger partial charge in [-0.2, -0.15) is 5.21 Å². The smallest absolute Gasteiger partial charge is 0.207 e. The molecular weight excluding hydrogens is 273 g/mol. The van der Waals surface area contributed by atoms with Gasteiger partial charge < -0.3 is 0 Å². The molecule has 2 aromatic rings. The maximum absolute atomic E-state index is 13.4. The molecule has 2 N–H and O–H groups in total. The van der Waals surface area contributed by atoms with Crippen molar-refractivity contribution in [3.8, 4) is 0 Å².